The minimum absolute atomic E-state index is 0.319. The molecule has 2 aromatic heterocycles. The molecule has 148 valence electrons. The molecule has 0 saturated heterocycles. The number of nitrogens with zero attached hydrogens (tertiary/aromatic N) is 1. The van der Waals surface area contributed by atoms with Gasteiger partial charge in [0.15, 0.2) is 0 Å². The summed E-state index contributed by atoms with van der Waals surface area (Å²) in [5, 5.41) is 3.99. The molecule has 5 rings (SSSR count). The highest BCUT2D eigenvalue weighted by molar-refractivity contribution is 6.19. The molecule has 0 N–H and O–H groups in total. The summed E-state index contributed by atoms with van der Waals surface area (Å²) in [6.45, 7) is 2.15. The maximum absolute atomic E-state index is 13.1. The van der Waals surface area contributed by atoms with Crippen LogP contribution in [0.4, 0.5) is 0 Å². The predicted octanol–water partition coefficient (Wildman–Crippen LogP) is 4.98. The van der Waals surface area contributed by atoms with Crippen molar-refractivity contribution in [2.75, 3.05) is 13.7 Å². The summed E-state index contributed by atoms with van der Waals surface area (Å²) < 4.78 is 13.0. The molecule has 0 amide bonds. The maximum atomic E-state index is 13.1. The van der Waals surface area contributed by atoms with E-state index in [9.17, 15) is 4.79 Å². The lowest BCUT2D eigenvalue weighted by Gasteiger charge is -2.03. The second-order valence-corrected chi connectivity index (χ2v) is 7.15. The van der Waals surface area contributed by atoms with E-state index in [1.165, 1.54) is 0 Å². The summed E-state index contributed by atoms with van der Waals surface area (Å²) in [5.41, 5.74) is 3.50. The fraction of sp³-hybridized carbons (Fsp3) is 0.115. The van der Waals surface area contributed by atoms with Crippen LogP contribution in [0.1, 0.15) is 22.8 Å². The van der Waals surface area contributed by atoms with Gasteiger partial charge in [-0.1, -0.05) is 54.6 Å². The average Bonchev–Trinajstić information content (AvgIpc) is 3.27. The molecule has 0 atom stereocenters. The zero-order chi connectivity index (χ0) is 20.7. The van der Waals surface area contributed by atoms with Crippen molar-refractivity contribution >= 4 is 39.2 Å². The van der Waals surface area contributed by atoms with E-state index in [0.29, 0.717) is 17.9 Å². The van der Waals surface area contributed by atoms with Crippen LogP contribution >= 0.6 is 0 Å². The lowest BCUT2D eigenvalue weighted by molar-refractivity contribution is 0.0531. The van der Waals surface area contributed by atoms with Crippen molar-refractivity contribution in [2.45, 2.75) is 6.92 Å². The third-order valence-electron chi connectivity index (χ3n) is 5.46. The number of carbonyl (C=O) groups is 1. The first-order valence-corrected chi connectivity index (χ1v) is 9.99. The Morgan fingerprint density at radius 2 is 1.67 bits per heavy atom. The van der Waals surface area contributed by atoms with Crippen molar-refractivity contribution in [3.63, 3.8) is 0 Å². The van der Waals surface area contributed by atoms with E-state index in [1.54, 1.807) is 7.11 Å². The minimum Gasteiger partial charge on any atom is -0.497 e. The van der Waals surface area contributed by atoms with Gasteiger partial charge in [0.05, 0.1) is 35.7 Å². The van der Waals surface area contributed by atoms with Crippen LogP contribution in [0.25, 0.3) is 33.3 Å². The summed E-state index contributed by atoms with van der Waals surface area (Å²) in [5.74, 6) is 0.388. The second-order valence-electron chi connectivity index (χ2n) is 7.15. The monoisotopic (exact) mass is 395 g/mol. The molecule has 5 aromatic rings. The van der Waals surface area contributed by atoms with Crippen LogP contribution in [0.5, 0.6) is 5.75 Å². The number of carbonyl (C=O) groups excluding carboxylic acids is 1. The van der Waals surface area contributed by atoms with Gasteiger partial charge < -0.3 is 13.9 Å². The van der Waals surface area contributed by atoms with Crippen molar-refractivity contribution in [2.24, 2.45) is 0 Å². The molecular formula is C26H21NO3. The Morgan fingerprint density at radius 3 is 2.40 bits per heavy atom. The molecule has 0 saturated carbocycles. The molecule has 0 aliphatic rings. The molecule has 0 spiro atoms. The molecule has 4 nitrogen and oxygen atoms in total. The van der Waals surface area contributed by atoms with Gasteiger partial charge in [0.25, 0.3) is 0 Å². The molecule has 0 fully saturated rings. The van der Waals surface area contributed by atoms with E-state index >= 15 is 0 Å². The van der Waals surface area contributed by atoms with Gasteiger partial charge in [0.2, 0.25) is 0 Å². The molecule has 0 bridgehead atoms. The smallest absolute Gasteiger partial charge is 0.340 e. The number of methoxy groups -OCH3 is 1. The third-order valence-corrected chi connectivity index (χ3v) is 5.46. The first-order chi connectivity index (χ1) is 14.7. The minimum atomic E-state index is -0.319. The van der Waals surface area contributed by atoms with E-state index in [2.05, 4.69) is 34.7 Å². The molecule has 0 aliphatic heterocycles. The van der Waals surface area contributed by atoms with Crippen molar-refractivity contribution in [1.29, 1.82) is 0 Å². The summed E-state index contributed by atoms with van der Waals surface area (Å²) in [4.78, 5) is 13.1. The van der Waals surface area contributed by atoms with Gasteiger partial charge in [-0.15, -0.1) is 0 Å². The molecule has 30 heavy (non-hydrogen) atoms. The number of fused-ring (bicyclic) bond motifs is 5. The van der Waals surface area contributed by atoms with Gasteiger partial charge in [0.1, 0.15) is 5.75 Å². The Balaban J connectivity index is 2.01. The van der Waals surface area contributed by atoms with Crippen LogP contribution in [0.15, 0.2) is 72.8 Å². The quantitative estimate of drug-likeness (QED) is 0.403. The zero-order valence-corrected chi connectivity index (χ0v) is 16.9. The van der Waals surface area contributed by atoms with Crippen LogP contribution in [0, 0.1) is 0 Å². The molecular weight excluding hydrogens is 374 g/mol. The lowest BCUT2D eigenvalue weighted by Crippen LogP contribution is -2.08. The Labute approximate surface area is 173 Å². The van der Waals surface area contributed by atoms with Crippen LogP contribution in [0.3, 0.4) is 0 Å². The second kappa shape index (κ2) is 7.23. The van der Waals surface area contributed by atoms with Crippen molar-refractivity contribution in [1.82, 2.24) is 4.40 Å². The Hall–Kier alpha value is -3.79. The number of hydrogen-bond donors (Lipinski definition) is 0. The first-order valence-electron chi connectivity index (χ1n) is 9.99. The molecule has 4 heteroatoms. The summed E-state index contributed by atoms with van der Waals surface area (Å²) in [7, 11) is 1.63. The first kappa shape index (κ1) is 18.3. The van der Waals surface area contributed by atoms with Gasteiger partial charge in [-0.05, 0) is 36.8 Å². The zero-order valence-electron chi connectivity index (χ0n) is 16.9. The highest BCUT2D eigenvalue weighted by Gasteiger charge is 2.24. The van der Waals surface area contributed by atoms with Crippen LogP contribution in [-0.4, -0.2) is 24.1 Å². The van der Waals surface area contributed by atoms with Crippen molar-refractivity contribution in [3.8, 4) is 5.75 Å². The van der Waals surface area contributed by atoms with Gasteiger partial charge in [0, 0.05) is 16.2 Å². The predicted molar refractivity (Wildman–Crippen MR) is 120 cm³/mol. The van der Waals surface area contributed by atoms with Gasteiger partial charge in [-0.25, -0.2) is 4.79 Å². The van der Waals surface area contributed by atoms with E-state index in [0.717, 1.165) is 38.1 Å². The Morgan fingerprint density at radius 1 is 0.933 bits per heavy atom. The number of esters is 1. The van der Waals surface area contributed by atoms with Crippen LogP contribution < -0.4 is 10.1 Å². The normalized spacial score (nSPS) is 12.1. The van der Waals surface area contributed by atoms with Crippen LogP contribution in [0.2, 0.25) is 0 Å². The van der Waals surface area contributed by atoms with Crippen molar-refractivity contribution in [3.05, 3.63) is 89.3 Å². The van der Waals surface area contributed by atoms with Gasteiger partial charge in [-0.3, -0.25) is 0 Å². The van der Waals surface area contributed by atoms with E-state index in [1.807, 2.05) is 55.5 Å². The lowest BCUT2D eigenvalue weighted by atomic mass is 10.1. The standard InChI is InChI=1S/C26H21NO3/c1-3-30-26(28)24-21-16-18(29-2)13-14-22(21)27-23(15-17-9-5-4-6-10-17)19-11-7-8-12-20(19)25(24)27/h4-16H,3H2,1-2H3/b23-15-. The fourth-order valence-electron chi connectivity index (χ4n) is 4.20. The largest absolute Gasteiger partial charge is 0.497 e. The Bertz CT molecular complexity index is 1450. The average molecular weight is 395 g/mol. The third kappa shape index (κ3) is 2.72. The van der Waals surface area contributed by atoms with Crippen LogP contribution in [-0.2, 0) is 4.74 Å². The Kier molecular flexibility index (Phi) is 4.40. The number of ether oxygens (including phenoxy) is 2. The SMILES string of the molecule is CCOC(=O)c1c2cc(OC)ccc2n2/c(=C\c3ccccc3)c3ccccc3c12. The van der Waals surface area contributed by atoms with Crippen molar-refractivity contribution < 1.29 is 14.3 Å². The van der Waals surface area contributed by atoms with E-state index in [-0.39, 0.29) is 5.97 Å². The molecule has 3 aromatic carbocycles. The van der Waals surface area contributed by atoms with E-state index < -0.39 is 0 Å². The molecule has 0 unspecified atom stereocenters. The maximum Gasteiger partial charge on any atom is 0.340 e. The number of aromatic nitrogens is 1. The van der Waals surface area contributed by atoms with Gasteiger partial charge >= 0.3 is 5.97 Å². The molecule has 0 radical (unpaired) electrons. The highest BCUT2D eigenvalue weighted by atomic mass is 16.5. The summed E-state index contributed by atoms with van der Waals surface area (Å²) in [6.07, 6.45) is 2.16. The highest BCUT2D eigenvalue weighted by Crippen LogP contribution is 2.34. The summed E-state index contributed by atoms with van der Waals surface area (Å²) in [6, 6.07) is 24.2. The fourth-order valence-corrected chi connectivity index (χ4v) is 4.20. The number of hydrogen-bond acceptors (Lipinski definition) is 3. The topological polar surface area (TPSA) is 39.9 Å². The number of benzene rings is 3. The molecule has 2 heterocycles. The summed E-state index contributed by atoms with van der Waals surface area (Å²) >= 11 is 0. The van der Waals surface area contributed by atoms with E-state index in [4.69, 9.17) is 9.47 Å². The van der Waals surface area contributed by atoms with Gasteiger partial charge in [-0.2, -0.15) is 0 Å². The molecule has 0 aliphatic carbocycles. The number of rotatable bonds is 4.